The number of carbonyl (C=O) groups is 2. The van der Waals surface area contributed by atoms with Crippen LogP contribution in [0.1, 0.15) is 6.42 Å². The molecule has 0 aromatic carbocycles. The monoisotopic (exact) mass is 318 g/mol. The zero-order valence-electron chi connectivity index (χ0n) is 11.1. The van der Waals surface area contributed by atoms with Crippen LogP contribution in [0.4, 0.5) is 0 Å². The van der Waals surface area contributed by atoms with E-state index in [1.165, 1.54) is 7.11 Å². The molecule has 10 heteroatoms. The van der Waals surface area contributed by atoms with Gasteiger partial charge in [-0.3, -0.25) is 4.79 Å². The van der Waals surface area contributed by atoms with Crippen molar-refractivity contribution in [3.8, 4) is 0 Å². The van der Waals surface area contributed by atoms with Gasteiger partial charge in [0.2, 0.25) is 0 Å². The third-order valence-electron chi connectivity index (χ3n) is 2.60. The molecule has 1 rings (SSSR count). The molecular formula is C10H15KO9. The number of esters is 1. The molecule has 0 aromatic rings. The van der Waals surface area contributed by atoms with Crippen molar-refractivity contribution < 1.29 is 95.6 Å². The predicted octanol–water partition coefficient (Wildman–Crippen LogP) is -6.87. The number of methoxy groups -OCH3 is 1. The van der Waals surface area contributed by atoms with E-state index in [1.54, 1.807) is 0 Å². The maximum atomic E-state index is 11.0. The van der Waals surface area contributed by atoms with E-state index in [9.17, 15) is 30.0 Å². The fourth-order valence-electron chi connectivity index (χ4n) is 1.59. The van der Waals surface area contributed by atoms with Gasteiger partial charge in [-0.05, 0) is 0 Å². The molecule has 0 bridgehead atoms. The molecule has 0 aliphatic carbocycles. The Morgan fingerprint density at radius 3 is 2.30 bits per heavy atom. The second-order valence-corrected chi connectivity index (χ2v) is 3.98. The van der Waals surface area contributed by atoms with Crippen LogP contribution >= 0.6 is 0 Å². The molecular weight excluding hydrogens is 303 g/mol. The van der Waals surface area contributed by atoms with Crippen LogP contribution in [0.3, 0.4) is 0 Å². The molecule has 110 valence electrons. The summed E-state index contributed by atoms with van der Waals surface area (Å²) in [5.74, 6) is -2.66. The van der Waals surface area contributed by atoms with E-state index in [0.29, 0.717) is 0 Å². The number of carboxylic acids is 1. The molecule has 0 unspecified atom stereocenters. The molecule has 3 N–H and O–H groups in total. The zero-order valence-corrected chi connectivity index (χ0v) is 14.2. The van der Waals surface area contributed by atoms with Gasteiger partial charge in [0.15, 0.2) is 6.29 Å². The van der Waals surface area contributed by atoms with Crippen molar-refractivity contribution >= 4 is 11.9 Å². The van der Waals surface area contributed by atoms with Gasteiger partial charge < -0.3 is 39.4 Å². The zero-order chi connectivity index (χ0) is 14.6. The van der Waals surface area contributed by atoms with Gasteiger partial charge in [0.25, 0.3) is 0 Å². The average molecular weight is 318 g/mol. The summed E-state index contributed by atoms with van der Waals surface area (Å²) in [4.78, 5) is 21.1. The van der Waals surface area contributed by atoms with Crippen LogP contribution in [0, 0.1) is 0 Å². The van der Waals surface area contributed by atoms with Crippen molar-refractivity contribution in [2.75, 3.05) is 13.7 Å². The van der Waals surface area contributed by atoms with E-state index in [1.807, 2.05) is 0 Å². The number of rotatable bonds is 5. The topological polar surface area (TPSA) is 146 Å². The van der Waals surface area contributed by atoms with Crippen LogP contribution in [0.15, 0.2) is 0 Å². The smallest absolute Gasteiger partial charge is 0.550 e. The minimum Gasteiger partial charge on any atom is -0.550 e. The number of ether oxygens (including phenoxy) is 3. The fourth-order valence-corrected chi connectivity index (χ4v) is 1.59. The molecule has 0 radical (unpaired) electrons. The van der Waals surface area contributed by atoms with Crippen LogP contribution in [-0.4, -0.2) is 71.7 Å². The first-order valence-corrected chi connectivity index (χ1v) is 5.44. The fraction of sp³-hybridized carbons (Fsp3) is 0.800. The first-order chi connectivity index (χ1) is 8.86. The standard InChI is InChI=1S/C10H16O9.K/c1-17-10-9(16)8(15)7(14)4(19-10)3-18-6(13)2-5(11)12;/h4,7-10,14-16H,2-3H2,1H3,(H,11,12);/q;+1/p-1/t4-,7-,8+,9-,10-;/m1./s1. The Labute approximate surface area is 157 Å². The molecule has 9 nitrogen and oxygen atoms in total. The molecule has 1 fully saturated rings. The van der Waals surface area contributed by atoms with Gasteiger partial charge >= 0.3 is 57.4 Å². The van der Waals surface area contributed by atoms with Crippen molar-refractivity contribution in [3.05, 3.63) is 0 Å². The third-order valence-corrected chi connectivity index (χ3v) is 2.60. The Morgan fingerprint density at radius 2 is 1.80 bits per heavy atom. The molecule has 5 atom stereocenters. The van der Waals surface area contributed by atoms with E-state index in [2.05, 4.69) is 4.74 Å². The SMILES string of the molecule is CO[C@@H]1O[C@H](COC(=O)CC(=O)[O-])[C@@H](O)[C@H](O)[C@H]1O.[K+]. The Hall–Kier alpha value is 0.376. The summed E-state index contributed by atoms with van der Waals surface area (Å²) in [6.45, 7) is -0.489. The van der Waals surface area contributed by atoms with Crippen LogP contribution in [-0.2, 0) is 23.8 Å². The Morgan fingerprint density at radius 1 is 1.20 bits per heavy atom. The van der Waals surface area contributed by atoms with Crippen LogP contribution in [0.2, 0.25) is 0 Å². The molecule has 1 aliphatic rings. The summed E-state index contributed by atoms with van der Waals surface area (Å²) < 4.78 is 14.3. The second kappa shape index (κ2) is 9.41. The summed E-state index contributed by atoms with van der Waals surface area (Å²) in [7, 11) is 1.22. The predicted molar refractivity (Wildman–Crippen MR) is 54.3 cm³/mol. The average Bonchev–Trinajstić information content (AvgIpc) is 2.34. The Bertz CT molecular complexity index is 335. The normalized spacial score (nSPS) is 33.1. The van der Waals surface area contributed by atoms with E-state index in [4.69, 9.17) is 9.47 Å². The van der Waals surface area contributed by atoms with Crippen LogP contribution in [0.25, 0.3) is 0 Å². The van der Waals surface area contributed by atoms with Crippen LogP contribution in [0.5, 0.6) is 0 Å². The number of hydrogen-bond acceptors (Lipinski definition) is 9. The third kappa shape index (κ3) is 5.64. The maximum absolute atomic E-state index is 11.0. The number of hydrogen-bond donors (Lipinski definition) is 3. The van der Waals surface area contributed by atoms with Gasteiger partial charge in [-0.2, -0.15) is 0 Å². The molecule has 20 heavy (non-hydrogen) atoms. The van der Waals surface area contributed by atoms with Gasteiger partial charge in [-0.1, -0.05) is 0 Å². The van der Waals surface area contributed by atoms with Gasteiger partial charge in [0, 0.05) is 7.11 Å². The van der Waals surface area contributed by atoms with E-state index in [0.717, 1.165) is 0 Å². The van der Waals surface area contributed by atoms with Crippen molar-refractivity contribution in [2.24, 2.45) is 0 Å². The molecule has 0 saturated carbocycles. The summed E-state index contributed by atoms with van der Waals surface area (Å²) >= 11 is 0. The molecule has 0 amide bonds. The van der Waals surface area contributed by atoms with E-state index in [-0.39, 0.29) is 51.4 Å². The number of aliphatic hydroxyl groups is 3. The molecule has 0 spiro atoms. The molecule has 1 saturated heterocycles. The first kappa shape index (κ1) is 20.4. The van der Waals surface area contributed by atoms with Gasteiger partial charge in [0.1, 0.15) is 31.0 Å². The minimum atomic E-state index is -1.60. The van der Waals surface area contributed by atoms with Gasteiger partial charge in [-0.15, -0.1) is 0 Å². The van der Waals surface area contributed by atoms with Crippen molar-refractivity contribution in [1.82, 2.24) is 0 Å². The van der Waals surface area contributed by atoms with Crippen LogP contribution < -0.4 is 56.5 Å². The number of aliphatic carboxylic acids is 1. The molecule has 0 aromatic heterocycles. The van der Waals surface area contributed by atoms with Gasteiger partial charge in [0.05, 0.1) is 12.4 Å². The summed E-state index contributed by atoms with van der Waals surface area (Å²) in [6.07, 6.45) is -7.75. The van der Waals surface area contributed by atoms with Gasteiger partial charge in [-0.25, -0.2) is 0 Å². The molecule has 1 heterocycles. The molecule has 1 aliphatic heterocycles. The maximum Gasteiger partial charge on any atom is 1.00 e. The van der Waals surface area contributed by atoms with Crippen molar-refractivity contribution in [3.63, 3.8) is 0 Å². The minimum absolute atomic E-state index is 0. The Balaban J connectivity index is 0.00000361. The number of carbonyl (C=O) groups excluding carboxylic acids is 2. The van der Waals surface area contributed by atoms with Crippen molar-refractivity contribution in [2.45, 2.75) is 37.1 Å². The summed E-state index contributed by atoms with van der Waals surface area (Å²) in [6, 6.07) is 0. The van der Waals surface area contributed by atoms with E-state index < -0.39 is 55.7 Å². The number of aliphatic hydroxyl groups excluding tert-OH is 3. The summed E-state index contributed by atoms with van der Waals surface area (Å²) in [5, 5.41) is 38.7. The summed E-state index contributed by atoms with van der Waals surface area (Å²) in [5.41, 5.74) is 0. The van der Waals surface area contributed by atoms with E-state index >= 15 is 0 Å². The number of carboxylic acid groups (broad SMARTS) is 1. The second-order valence-electron chi connectivity index (χ2n) is 3.98. The quantitative estimate of drug-likeness (QED) is 0.256. The first-order valence-electron chi connectivity index (χ1n) is 5.44. The Kier molecular flexibility index (Phi) is 9.58. The van der Waals surface area contributed by atoms with Crippen molar-refractivity contribution in [1.29, 1.82) is 0 Å². The largest absolute Gasteiger partial charge is 1.00 e.